The maximum atomic E-state index is 13.0. The molecular formula is C24H23N5O3. The third kappa shape index (κ3) is 3.76. The number of anilines is 2. The second-order valence-corrected chi connectivity index (χ2v) is 7.81. The Hall–Kier alpha value is -3.91. The van der Waals surface area contributed by atoms with Gasteiger partial charge in [0, 0.05) is 53.2 Å². The Kier molecular flexibility index (Phi) is 5.20. The Labute approximate surface area is 184 Å². The number of H-pyrrole nitrogens is 2. The zero-order valence-corrected chi connectivity index (χ0v) is 17.6. The SMILES string of the molecule is Cc1ccc(-c2cn[nH]c2)c2[nH]c(C(=O)Nc3ccc(N4CCOCC4)cc3)cc(=O)c12. The zero-order valence-electron chi connectivity index (χ0n) is 17.6. The minimum absolute atomic E-state index is 0.200. The van der Waals surface area contributed by atoms with Gasteiger partial charge in [0.2, 0.25) is 0 Å². The molecule has 1 saturated heterocycles. The van der Waals surface area contributed by atoms with Crippen LogP contribution in [-0.2, 0) is 4.74 Å². The fourth-order valence-electron chi connectivity index (χ4n) is 4.06. The van der Waals surface area contributed by atoms with E-state index < -0.39 is 0 Å². The molecule has 8 nitrogen and oxygen atoms in total. The lowest BCUT2D eigenvalue weighted by Gasteiger charge is -2.28. The molecule has 0 unspecified atom stereocenters. The van der Waals surface area contributed by atoms with Crippen LogP contribution in [0, 0.1) is 6.92 Å². The number of hydrogen-bond acceptors (Lipinski definition) is 5. The van der Waals surface area contributed by atoms with Gasteiger partial charge in [-0.15, -0.1) is 0 Å². The zero-order chi connectivity index (χ0) is 22.1. The number of aromatic amines is 2. The Morgan fingerprint density at radius 3 is 2.62 bits per heavy atom. The molecule has 4 aromatic rings. The van der Waals surface area contributed by atoms with E-state index in [0.717, 1.165) is 35.5 Å². The van der Waals surface area contributed by atoms with E-state index in [1.54, 1.807) is 12.4 Å². The van der Waals surface area contributed by atoms with Gasteiger partial charge >= 0.3 is 0 Å². The van der Waals surface area contributed by atoms with Gasteiger partial charge in [-0.2, -0.15) is 5.10 Å². The number of pyridine rings is 1. The number of carbonyl (C=O) groups excluding carboxylic acids is 1. The number of aromatic nitrogens is 3. The number of rotatable bonds is 4. The van der Waals surface area contributed by atoms with Crippen molar-refractivity contribution in [2.24, 2.45) is 0 Å². The Morgan fingerprint density at radius 2 is 1.91 bits per heavy atom. The van der Waals surface area contributed by atoms with E-state index in [0.29, 0.717) is 29.8 Å². The first kappa shape index (κ1) is 20.0. The van der Waals surface area contributed by atoms with Crippen LogP contribution in [0.3, 0.4) is 0 Å². The average molecular weight is 429 g/mol. The predicted molar refractivity (Wildman–Crippen MR) is 124 cm³/mol. The average Bonchev–Trinajstić information content (AvgIpc) is 3.35. The minimum atomic E-state index is -0.372. The molecule has 1 aliphatic heterocycles. The Morgan fingerprint density at radius 1 is 1.12 bits per heavy atom. The van der Waals surface area contributed by atoms with Gasteiger partial charge in [-0.25, -0.2) is 0 Å². The van der Waals surface area contributed by atoms with Crippen LogP contribution in [-0.4, -0.2) is 47.4 Å². The van der Waals surface area contributed by atoms with Gasteiger partial charge in [0.1, 0.15) is 5.69 Å². The number of carbonyl (C=O) groups is 1. The summed E-state index contributed by atoms with van der Waals surface area (Å²) in [7, 11) is 0. The summed E-state index contributed by atoms with van der Waals surface area (Å²) in [6, 6.07) is 12.9. The molecule has 0 spiro atoms. The molecule has 1 fully saturated rings. The number of benzene rings is 2. The second kappa shape index (κ2) is 8.32. The third-order valence-corrected chi connectivity index (χ3v) is 5.75. The second-order valence-electron chi connectivity index (χ2n) is 7.81. The minimum Gasteiger partial charge on any atom is -0.378 e. The number of fused-ring (bicyclic) bond motifs is 1. The van der Waals surface area contributed by atoms with Crippen molar-refractivity contribution in [1.29, 1.82) is 0 Å². The molecule has 162 valence electrons. The fraction of sp³-hybridized carbons (Fsp3) is 0.208. The van der Waals surface area contributed by atoms with Crippen molar-refractivity contribution in [1.82, 2.24) is 15.2 Å². The van der Waals surface area contributed by atoms with Crippen molar-refractivity contribution in [3.63, 3.8) is 0 Å². The maximum absolute atomic E-state index is 13.0. The molecule has 0 saturated carbocycles. The van der Waals surface area contributed by atoms with Crippen molar-refractivity contribution < 1.29 is 9.53 Å². The fourth-order valence-corrected chi connectivity index (χ4v) is 4.06. The normalized spacial score (nSPS) is 14.0. The molecule has 0 atom stereocenters. The predicted octanol–water partition coefficient (Wildman–Crippen LogP) is 3.32. The Bertz CT molecular complexity index is 1320. The summed E-state index contributed by atoms with van der Waals surface area (Å²) < 4.78 is 5.39. The van der Waals surface area contributed by atoms with E-state index in [-0.39, 0.29) is 17.0 Å². The number of amides is 1. The molecule has 0 bridgehead atoms. The van der Waals surface area contributed by atoms with E-state index in [9.17, 15) is 9.59 Å². The number of ether oxygens (including phenoxy) is 1. The summed E-state index contributed by atoms with van der Waals surface area (Å²) >= 11 is 0. The van der Waals surface area contributed by atoms with Gasteiger partial charge in [-0.05, 0) is 36.8 Å². The standard InChI is InChI=1S/C24H23N5O3/c1-15-2-7-19(16-13-25-26-14-16)23-22(15)21(30)12-20(28-23)24(31)27-17-3-5-18(6-4-17)29-8-10-32-11-9-29/h2-7,12-14H,8-11H2,1H3,(H,25,26)(H,27,31)(H,28,30). The summed E-state index contributed by atoms with van der Waals surface area (Å²) in [5, 5.41) is 10.2. The summed E-state index contributed by atoms with van der Waals surface area (Å²) in [4.78, 5) is 31.3. The van der Waals surface area contributed by atoms with Gasteiger partial charge in [-0.1, -0.05) is 12.1 Å². The molecule has 3 heterocycles. The molecule has 2 aromatic carbocycles. The van der Waals surface area contributed by atoms with Crippen molar-refractivity contribution >= 4 is 28.2 Å². The lowest BCUT2D eigenvalue weighted by atomic mass is 10.0. The number of nitrogens with one attached hydrogen (secondary N) is 3. The summed E-state index contributed by atoms with van der Waals surface area (Å²) in [6.45, 7) is 5.01. The van der Waals surface area contributed by atoms with Gasteiger partial charge in [-0.3, -0.25) is 14.7 Å². The Balaban J connectivity index is 1.45. The van der Waals surface area contributed by atoms with Crippen molar-refractivity contribution in [2.45, 2.75) is 6.92 Å². The van der Waals surface area contributed by atoms with Crippen LogP contribution in [0.4, 0.5) is 11.4 Å². The molecule has 1 aliphatic rings. The highest BCUT2D eigenvalue weighted by molar-refractivity contribution is 6.05. The van der Waals surface area contributed by atoms with Gasteiger partial charge in [0.05, 0.1) is 24.9 Å². The maximum Gasteiger partial charge on any atom is 0.272 e. The highest BCUT2D eigenvalue weighted by atomic mass is 16.5. The van der Waals surface area contributed by atoms with Crippen LogP contribution in [0.1, 0.15) is 16.1 Å². The first-order valence-electron chi connectivity index (χ1n) is 10.5. The van der Waals surface area contributed by atoms with E-state index in [4.69, 9.17) is 4.74 Å². The van der Waals surface area contributed by atoms with Gasteiger partial charge in [0.25, 0.3) is 5.91 Å². The van der Waals surface area contributed by atoms with E-state index >= 15 is 0 Å². The summed E-state index contributed by atoms with van der Waals surface area (Å²) in [5.74, 6) is -0.372. The lowest BCUT2D eigenvalue weighted by Crippen LogP contribution is -2.36. The number of hydrogen-bond donors (Lipinski definition) is 3. The number of morpholine rings is 1. The smallest absolute Gasteiger partial charge is 0.272 e. The molecule has 32 heavy (non-hydrogen) atoms. The summed E-state index contributed by atoms with van der Waals surface area (Å²) in [6.07, 6.45) is 3.44. The van der Waals surface area contributed by atoms with Crippen LogP contribution in [0.15, 0.2) is 59.7 Å². The quantitative estimate of drug-likeness (QED) is 0.462. The molecule has 0 radical (unpaired) electrons. The monoisotopic (exact) mass is 429 g/mol. The van der Waals surface area contributed by atoms with E-state index in [1.165, 1.54) is 6.07 Å². The highest BCUT2D eigenvalue weighted by Crippen LogP contribution is 2.27. The molecule has 8 heteroatoms. The van der Waals surface area contributed by atoms with E-state index in [2.05, 4.69) is 25.4 Å². The van der Waals surface area contributed by atoms with Crippen LogP contribution >= 0.6 is 0 Å². The van der Waals surface area contributed by atoms with E-state index in [1.807, 2.05) is 43.3 Å². The highest BCUT2D eigenvalue weighted by Gasteiger charge is 2.16. The molecule has 1 amide bonds. The number of nitrogens with zero attached hydrogens (tertiary/aromatic N) is 2. The van der Waals surface area contributed by atoms with Crippen molar-refractivity contribution in [3.05, 3.63) is 76.3 Å². The van der Waals surface area contributed by atoms with Gasteiger partial charge in [0.15, 0.2) is 5.43 Å². The molecule has 2 aromatic heterocycles. The van der Waals surface area contributed by atoms with Crippen molar-refractivity contribution in [3.8, 4) is 11.1 Å². The van der Waals surface area contributed by atoms with Crippen LogP contribution in [0.2, 0.25) is 0 Å². The van der Waals surface area contributed by atoms with Crippen LogP contribution < -0.4 is 15.6 Å². The largest absolute Gasteiger partial charge is 0.378 e. The third-order valence-electron chi connectivity index (χ3n) is 5.75. The van der Waals surface area contributed by atoms with Crippen molar-refractivity contribution in [2.75, 3.05) is 36.5 Å². The summed E-state index contributed by atoms with van der Waals surface area (Å²) in [5.41, 5.74) is 4.86. The van der Waals surface area contributed by atoms with Gasteiger partial charge < -0.3 is 19.9 Å². The lowest BCUT2D eigenvalue weighted by molar-refractivity contribution is 0.102. The molecule has 5 rings (SSSR count). The first-order valence-corrected chi connectivity index (χ1v) is 10.5. The number of aryl methyl sites for hydroxylation is 1. The molecular weight excluding hydrogens is 406 g/mol. The van der Waals surface area contributed by atoms with Crippen LogP contribution in [0.5, 0.6) is 0 Å². The topological polar surface area (TPSA) is 103 Å². The molecule has 0 aliphatic carbocycles. The molecule has 3 N–H and O–H groups in total. The first-order chi connectivity index (χ1) is 15.6. The van der Waals surface area contributed by atoms with Crippen LogP contribution in [0.25, 0.3) is 22.0 Å².